The first-order valence-electron chi connectivity index (χ1n) is 8.03. The summed E-state index contributed by atoms with van der Waals surface area (Å²) in [5.41, 5.74) is -0.272. The second kappa shape index (κ2) is 5.99. The van der Waals surface area contributed by atoms with Gasteiger partial charge in [0.05, 0.1) is 5.54 Å². The Morgan fingerprint density at radius 1 is 1.04 bits per heavy atom. The van der Waals surface area contributed by atoms with Gasteiger partial charge in [-0.1, -0.05) is 51.1 Å². The van der Waals surface area contributed by atoms with Gasteiger partial charge in [-0.25, -0.2) is 12.7 Å². The van der Waals surface area contributed by atoms with Crippen LogP contribution in [0.5, 0.6) is 0 Å². The molecule has 1 aliphatic rings. The Morgan fingerprint density at radius 3 is 2.04 bits per heavy atom. The molecule has 0 N–H and O–H groups in total. The molecular weight excluding hydrogens is 324 g/mol. The minimum Gasteiger partial charge on any atom is -0.282 e. The zero-order valence-electron chi connectivity index (χ0n) is 15.2. The number of carbonyl (C=O) groups is 1. The number of nitrogens with zero attached hydrogens (tertiary/aromatic N) is 2. The van der Waals surface area contributed by atoms with Gasteiger partial charge in [0.15, 0.2) is 5.25 Å². The van der Waals surface area contributed by atoms with Crippen molar-refractivity contribution in [2.75, 3.05) is 6.54 Å². The highest BCUT2D eigenvalue weighted by Gasteiger charge is 2.54. The zero-order valence-corrected chi connectivity index (χ0v) is 16.0. The van der Waals surface area contributed by atoms with E-state index in [1.54, 1.807) is 45.0 Å². The monoisotopic (exact) mass is 350 g/mol. The van der Waals surface area contributed by atoms with Crippen LogP contribution in [0.25, 0.3) is 0 Å². The van der Waals surface area contributed by atoms with E-state index in [0.29, 0.717) is 12.1 Å². The summed E-state index contributed by atoms with van der Waals surface area (Å²) < 4.78 is 27.2. The van der Waals surface area contributed by atoms with Crippen molar-refractivity contribution >= 4 is 21.6 Å². The Morgan fingerprint density at radius 2 is 1.58 bits per heavy atom. The highest BCUT2D eigenvalue weighted by atomic mass is 32.2. The molecule has 1 aromatic carbocycles. The van der Waals surface area contributed by atoms with Crippen molar-refractivity contribution in [2.24, 2.45) is 10.4 Å². The Kier molecular flexibility index (Phi) is 4.65. The Balaban J connectivity index is 2.64. The molecule has 0 spiro atoms. The number of carbonyl (C=O) groups excluding carboxylic acids is 1. The van der Waals surface area contributed by atoms with Gasteiger partial charge in [0.2, 0.25) is 0 Å². The summed E-state index contributed by atoms with van der Waals surface area (Å²) >= 11 is 0. The standard InChI is InChI=1S/C18H26N2O3S/c1-17(2,3)12-19-14-15(13-10-8-7-9-11-13)24(22,23)20(16(14)21)18(4,5)6/h7-11,15H,12H2,1-6H3. The van der Waals surface area contributed by atoms with Gasteiger partial charge in [-0.15, -0.1) is 0 Å². The van der Waals surface area contributed by atoms with Crippen LogP contribution in [0.1, 0.15) is 52.4 Å². The average Bonchev–Trinajstić information content (AvgIpc) is 2.61. The molecule has 6 heteroatoms. The minimum absolute atomic E-state index is 0.117. The second-order valence-corrected chi connectivity index (χ2v) is 10.2. The van der Waals surface area contributed by atoms with Crippen molar-refractivity contribution in [3.63, 3.8) is 0 Å². The number of sulfonamides is 1. The fourth-order valence-corrected chi connectivity index (χ4v) is 4.95. The lowest BCUT2D eigenvalue weighted by Crippen LogP contribution is -2.45. The SMILES string of the molecule is CC(C)(C)CN=C1C(=O)N(C(C)(C)C)S(=O)(=O)C1c1ccccc1. The molecular formula is C18H26N2O3S. The summed E-state index contributed by atoms with van der Waals surface area (Å²) in [6, 6.07) is 8.83. The molecule has 132 valence electrons. The lowest BCUT2D eigenvalue weighted by molar-refractivity contribution is -0.122. The van der Waals surface area contributed by atoms with E-state index in [1.807, 2.05) is 26.8 Å². The molecule has 2 rings (SSSR count). The molecule has 0 bridgehead atoms. The summed E-state index contributed by atoms with van der Waals surface area (Å²) in [6.45, 7) is 11.6. The van der Waals surface area contributed by atoms with Crippen molar-refractivity contribution in [3.05, 3.63) is 35.9 Å². The zero-order chi connectivity index (χ0) is 18.3. The van der Waals surface area contributed by atoms with E-state index in [9.17, 15) is 13.2 Å². The molecule has 1 fully saturated rings. The molecule has 24 heavy (non-hydrogen) atoms. The Bertz CT molecular complexity index is 754. The molecule has 1 heterocycles. The van der Waals surface area contributed by atoms with Gasteiger partial charge in [-0.2, -0.15) is 0 Å². The van der Waals surface area contributed by atoms with E-state index >= 15 is 0 Å². The molecule has 5 nitrogen and oxygen atoms in total. The molecule has 1 unspecified atom stereocenters. The van der Waals surface area contributed by atoms with Gasteiger partial charge in [0, 0.05) is 6.54 Å². The van der Waals surface area contributed by atoms with Crippen LogP contribution in [0.4, 0.5) is 0 Å². The van der Waals surface area contributed by atoms with Gasteiger partial charge >= 0.3 is 0 Å². The number of hydrogen-bond acceptors (Lipinski definition) is 4. The number of hydrogen-bond donors (Lipinski definition) is 0. The average molecular weight is 350 g/mol. The highest BCUT2D eigenvalue weighted by molar-refractivity contribution is 7.91. The van der Waals surface area contributed by atoms with E-state index in [2.05, 4.69) is 4.99 Å². The highest BCUT2D eigenvalue weighted by Crippen LogP contribution is 2.39. The first-order chi connectivity index (χ1) is 10.9. The number of rotatable bonds is 2. The van der Waals surface area contributed by atoms with Gasteiger partial charge in [-0.05, 0) is 31.7 Å². The minimum atomic E-state index is -3.85. The summed E-state index contributed by atoms with van der Waals surface area (Å²) in [5, 5.41) is -1.03. The summed E-state index contributed by atoms with van der Waals surface area (Å²) in [4.78, 5) is 17.3. The molecule has 0 radical (unpaired) electrons. The third kappa shape index (κ3) is 3.53. The fraction of sp³-hybridized carbons (Fsp3) is 0.556. The van der Waals surface area contributed by atoms with Crippen molar-refractivity contribution in [2.45, 2.75) is 52.3 Å². The van der Waals surface area contributed by atoms with E-state index in [1.165, 1.54) is 0 Å². The normalized spacial score (nSPS) is 23.1. The number of benzene rings is 1. The molecule has 1 saturated heterocycles. The summed E-state index contributed by atoms with van der Waals surface area (Å²) in [7, 11) is -3.85. The maximum Gasteiger partial charge on any atom is 0.283 e. The summed E-state index contributed by atoms with van der Waals surface area (Å²) in [6.07, 6.45) is 0. The molecule has 1 aromatic rings. The van der Waals surface area contributed by atoms with E-state index in [-0.39, 0.29) is 11.1 Å². The predicted molar refractivity (Wildman–Crippen MR) is 96.5 cm³/mol. The topological polar surface area (TPSA) is 66.8 Å². The maximum atomic E-state index is 13.1. The first-order valence-corrected chi connectivity index (χ1v) is 9.54. The van der Waals surface area contributed by atoms with Crippen molar-refractivity contribution in [1.82, 2.24) is 4.31 Å². The lowest BCUT2D eigenvalue weighted by atomic mass is 9.97. The number of amides is 1. The van der Waals surface area contributed by atoms with Gasteiger partial charge < -0.3 is 0 Å². The van der Waals surface area contributed by atoms with Crippen LogP contribution >= 0.6 is 0 Å². The third-order valence-corrected chi connectivity index (χ3v) is 5.95. The molecule has 0 aliphatic carbocycles. The van der Waals surface area contributed by atoms with Crippen molar-refractivity contribution in [1.29, 1.82) is 0 Å². The number of aliphatic imine (C=N–C) groups is 1. The molecule has 1 aliphatic heterocycles. The molecule has 0 saturated carbocycles. The van der Waals surface area contributed by atoms with Crippen molar-refractivity contribution < 1.29 is 13.2 Å². The molecule has 1 amide bonds. The van der Waals surface area contributed by atoms with Gasteiger partial charge in [-0.3, -0.25) is 9.79 Å². The lowest BCUT2D eigenvalue weighted by Gasteiger charge is -2.30. The second-order valence-electron chi connectivity index (χ2n) is 8.34. The van der Waals surface area contributed by atoms with Crippen LogP contribution in [0, 0.1) is 5.41 Å². The van der Waals surface area contributed by atoms with Crippen LogP contribution in [0.15, 0.2) is 35.3 Å². The van der Waals surface area contributed by atoms with Crippen LogP contribution in [-0.4, -0.2) is 36.4 Å². The Labute approximate surface area is 144 Å². The van der Waals surface area contributed by atoms with Crippen LogP contribution in [0.3, 0.4) is 0 Å². The molecule has 0 aromatic heterocycles. The van der Waals surface area contributed by atoms with Crippen LogP contribution < -0.4 is 0 Å². The quantitative estimate of drug-likeness (QED) is 0.823. The van der Waals surface area contributed by atoms with Crippen LogP contribution in [0.2, 0.25) is 0 Å². The van der Waals surface area contributed by atoms with E-state index in [0.717, 1.165) is 4.31 Å². The fourth-order valence-electron chi connectivity index (χ4n) is 2.70. The first kappa shape index (κ1) is 18.6. The van der Waals surface area contributed by atoms with E-state index in [4.69, 9.17) is 0 Å². The third-order valence-electron chi connectivity index (χ3n) is 3.64. The molecule has 1 atom stereocenters. The predicted octanol–water partition coefficient (Wildman–Crippen LogP) is 3.19. The van der Waals surface area contributed by atoms with Gasteiger partial charge in [0.1, 0.15) is 5.71 Å². The Hall–Kier alpha value is -1.69. The van der Waals surface area contributed by atoms with Gasteiger partial charge in [0.25, 0.3) is 15.9 Å². The van der Waals surface area contributed by atoms with Crippen molar-refractivity contribution in [3.8, 4) is 0 Å². The summed E-state index contributed by atoms with van der Waals surface area (Å²) in [5.74, 6) is -0.513. The van der Waals surface area contributed by atoms with E-state index < -0.39 is 26.7 Å². The largest absolute Gasteiger partial charge is 0.283 e. The maximum absolute atomic E-state index is 13.1. The van der Waals surface area contributed by atoms with Crippen LogP contribution in [-0.2, 0) is 14.8 Å². The smallest absolute Gasteiger partial charge is 0.282 e.